The van der Waals surface area contributed by atoms with Crippen LogP contribution >= 0.6 is 0 Å². The molecule has 8 nitrogen and oxygen atoms in total. The van der Waals surface area contributed by atoms with E-state index in [1.807, 2.05) is 0 Å². The van der Waals surface area contributed by atoms with Crippen LogP contribution < -0.4 is 5.32 Å². The number of alkyl halides is 3. The number of carboxylic acid groups (broad SMARTS) is 1. The number of hydrogen-bond donors (Lipinski definition) is 2. The molecule has 2 amide bonds. The molecule has 1 aromatic rings. The molecular formula is C19H24F3N3O5. The molecule has 0 spiro atoms. The Hall–Kier alpha value is -2.85. The van der Waals surface area contributed by atoms with Crippen LogP contribution in [-0.2, 0) is 6.18 Å². The summed E-state index contributed by atoms with van der Waals surface area (Å²) < 4.78 is 39.0. The van der Waals surface area contributed by atoms with E-state index in [-0.39, 0.29) is 12.1 Å². The van der Waals surface area contributed by atoms with Gasteiger partial charge in [-0.2, -0.15) is 13.2 Å². The average molecular weight is 431 g/mol. The molecule has 2 rings (SSSR count). The second kappa shape index (κ2) is 8.49. The third-order valence-corrected chi connectivity index (χ3v) is 5.04. The number of carbonyl (C=O) groups is 2. The number of hydrogen-bond acceptors (Lipinski definition) is 4. The third-order valence-electron chi connectivity index (χ3n) is 5.04. The van der Waals surface area contributed by atoms with Crippen LogP contribution in [0.3, 0.4) is 0 Å². The van der Waals surface area contributed by atoms with E-state index in [2.05, 4.69) is 5.32 Å². The molecule has 166 valence electrons. The lowest BCUT2D eigenvalue weighted by Gasteiger charge is -2.42. The summed E-state index contributed by atoms with van der Waals surface area (Å²) in [6, 6.07) is 1.18. The molecule has 1 fully saturated rings. The summed E-state index contributed by atoms with van der Waals surface area (Å²) >= 11 is 0. The van der Waals surface area contributed by atoms with Crippen LogP contribution in [0.5, 0.6) is 0 Å². The molecule has 1 aliphatic rings. The lowest BCUT2D eigenvalue weighted by atomic mass is 9.88. The first-order valence-corrected chi connectivity index (χ1v) is 9.40. The Bertz CT molecular complexity index is 828. The topological polar surface area (TPSA) is 113 Å². The first-order chi connectivity index (χ1) is 13.7. The molecule has 2 N–H and O–H groups in total. The van der Waals surface area contributed by atoms with Crippen LogP contribution in [0.2, 0.25) is 0 Å². The van der Waals surface area contributed by atoms with Crippen LogP contribution in [0.15, 0.2) is 18.2 Å². The van der Waals surface area contributed by atoms with Gasteiger partial charge in [0, 0.05) is 35.3 Å². The van der Waals surface area contributed by atoms with E-state index in [0.29, 0.717) is 37.8 Å². The number of nitro benzene ring substituents is 1. The molecule has 1 saturated carbocycles. The zero-order valence-corrected chi connectivity index (χ0v) is 16.8. The number of nitro groups is 1. The predicted molar refractivity (Wildman–Crippen MR) is 101 cm³/mol. The second-order valence-corrected chi connectivity index (χ2v) is 8.33. The van der Waals surface area contributed by atoms with Crippen molar-refractivity contribution in [2.75, 3.05) is 0 Å². The van der Waals surface area contributed by atoms with Crippen LogP contribution in [0.25, 0.3) is 0 Å². The summed E-state index contributed by atoms with van der Waals surface area (Å²) in [5.74, 6) is -0.835. The molecular weight excluding hydrogens is 407 g/mol. The van der Waals surface area contributed by atoms with Crippen LogP contribution in [-0.4, -0.2) is 44.6 Å². The molecule has 0 atom stereocenters. The zero-order chi connectivity index (χ0) is 22.9. The number of benzene rings is 1. The highest BCUT2D eigenvalue weighted by molar-refractivity contribution is 5.95. The fourth-order valence-electron chi connectivity index (χ4n) is 3.75. The molecule has 1 aromatic carbocycles. The highest BCUT2D eigenvalue weighted by Gasteiger charge is 2.36. The van der Waals surface area contributed by atoms with E-state index >= 15 is 0 Å². The highest BCUT2D eigenvalue weighted by atomic mass is 19.4. The fraction of sp³-hybridized carbons (Fsp3) is 0.579. The van der Waals surface area contributed by atoms with E-state index in [1.165, 1.54) is 4.90 Å². The molecule has 30 heavy (non-hydrogen) atoms. The number of rotatable bonds is 4. The summed E-state index contributed by atoms with van der Waals surface area (Å²) in [5, 5.41) is 23.0. The van der Waals surface area contributed by atoms with Crippen molar-refractivity contribution in [3.63, 3.8) is 0 Å². The monoisotopic (exact) mass is 431 g/mol. The van der Waals surface area contributed by atoms with Gasteiger partial charge in [-0.15, -0.1) is 0 Å². The minimum Gasteiger partial charge on any atom is -0.465 e. The van der Waals surface area contributed by atoms with Gasteiger partial charge in [0.2, 0.25) is 0 Å². The van der Waals surface area contributed by atoms with Gasteiger partial charge in [0.05, 0.1) is 10.5 Å². The molecule has 0 radical (unpaired) electrons. The van der Waals surface area contributed by atoms with Gasteiger partial charge >= 0.3 is 12.3 Å². The number of halogens is 3. The van der Waals surface area contributed by atoms with Gasteiger partial charge in [-0.1, -0.05) is 0 Å². The molecule has 0 heterocycles. The third kappa shape index (κ3) is 5.61. The fourth-order valence-corrected chi connectivity index (χ4v) is 3.75. The molecule has 0 bridgehead atoms. The average Bonchev–Trinajstić information content (AvgIpc) is 2.60. The van der Waals surface area contributed by atoms with Crippen molar-refractivity contribution in [3.8, 4) is 0 Å². The van der Waals surface area contributed by atoms with Crippen molar-refractivity contribution >= 4 is 17.7 Å². The van der Waals surface area contributed by atoms with Crippen molar-refractivity contribution < 1.29 is 32.8 Å². The van der Waals surface area contributed by atoms with Crippen LogP contribution in [0, 0.1) is 10.1 Å². The number of amides is 2. The van der Waals surface area contributed by atoms with Crippen LogP contribution in [0.1, 0.15) is 62.4 Å². The Labute approximate surface area is 171 Å². The Morgan fingerprint density at radius 1 is 1.13 bits per heavy atom. The lowest BCUT2D eigenvalue weighted by Crippen LogP contribution is -2.53. The molecule has 0 saturated heterocycles. The number of carbonyl (C=O) groups excluding carboxylic acids is 1. The smallest absolute Gasteiger partial charge is 0.416 e. The normalized spacial score (nSPS) is 19.8. The molecule has 11 heteroatoms. The van der Waals surface area contributed by atoms with Gasteiger partial charge in [0.15, 0.2) is 0 Å². The van der Waals surface area contributed by atoms with Gasteiger partial charge < -0.3 is 15.3 Å². The summed E-state index contributed by atoms with van der Waals surface area (Å²) in [5.41, 5.74) is -3.13. The highest BCUT2D eigenvalue weighted by Crippen LogP contribution is 2.33. The molecule has 0 unspecified atom stereocenters. The lowest BCUT2D eigenvalue weighted by molar-refractivity contribution is -0.385. The second-order valence-electron chi connectivity index (χ2n) is 8.33. The maximum atomic E-state index is 13.0. The van der Waals surface area contributed by atoms with E-state index < -0.39 is 45.5 Å². The van der Waals surface area contributed by atoms with Crippen molar-refractivity contribution in [1.82, 2.24) is 10.2 Å². The van der Waals surface area contributed by atoms with E-state index in [4.69, 9.17) is 0 Å². The van der Waals surface area contributed by atoms with Gasteiger partial charge in [0.1, 0.15) is 0 Å². The summed E-state index contributed by atoms with van der Waals surface area (Å²) in [7, 11) is 0. The van der Waals surface area contributed by atoms with Gasteiger partial charge in [-0.05, 0) is 52.5 Å². The van der Waals surface area contributed by atoms with Crippen molar-refractivity contribution in [2.45, 2.75) is 70.3 Å². The number of non-ortho nitro benzene ring substituents is 1. The number of nitrogens with zero attached hydrogens (tertiary/aromatic N) is 2. The van der Waals surface area contributed by atoms with E-state index in [1.54, 1.807) is 20.8 Å². The zero-order valence-electron chi connectivity index (χ0n) is 16.8. The van der Waals surface area contributed by atoms with Crippen molar-refractivity contribution in [3.05, 3.63) is 39.4 Å². The summed E-state index contributed by atoms with van der Waals surface area (Å²) in [6.45, 7) is 5.36. The summed E-state index contributed by atoms with van der Waals surface area (Å²) in [6.07, 6.45) is -4.01. The Morgan fingerprint density at radius 3 is 2.13 bits per heavy atom. The van der Waals surface area contributed by atoms with Crippen LogP contribution in [0.4, 0.5) is 23.7 Å². The van der Waals surface area contributed by atoms with E-state index in [0.717, 1.165) is 6.07 Å². The van der Waals surface area contributed by atoms with Gasteiger partial charge in [0.25, 0.3) is 11.6 Å². The Morgan fingerprint density at radius 2 is 1.70 bits per heavy atom. The quantitative estimate of drug-likeness (QED) is 0.541. The minimum absolute atomic E-state index is 0.231. The Balaban J connectivity index is 2.10. The largest absolute Gasteiger partial charge is 0.465 e. The SMILES string of the molecule is CC(C)(C)N(C(=O)O)[C@H]1CC[C@H](NC(=O)c2cc([N+](=O)[O-])cc(C(F)(F)F)c2)CC1. The maximum absolute atomic E-state index is 13.0. The first kappa shape index (κ1) is 23.4. The van der Waals surface area contributed by atoms with Crippen molar-refractivity contribution in [1.29, 1.82) is 0 Å². The van der Waals surface area contributed by atoms with Gasteiger partial charge in [-0.3, -0.25) is 14.9 Å². The first-order valence-electron chi connectivity index (χ1n) is 9.40. The standard InChI is InChI=1S/C19H24F3N3O5/c1-18(2,3)24(17(27)28)14-6-4-13(5-7-14)23-16(26)11-8-12(19(20,21)22)10-15(9-11)25(29)30/h8-10,13-14H,4-7H2,1-3H3,(H,23,26)(H,27,28)/t13-,14-. The van der Waals surface area contributed by atoms with E-state index in [9.17, 15) is 38.0 Å². The summed E-state index contributed by atoms with van der Waals surface area (Å²) in [4.78, 5) is 35.4. The molecule has 0 aromatic heterocycles. The molecule has 1 aliphatic carbocycles. The maximum Gasteiger partial charge on any atom is 0.416 e. The minimum atomic E-state index is -4.83. The predicted octanol–water partition coefficient (Wildman–Crippen LogP) is 4.43. The van der Waals surface area contributed by atoms with Crippen molar-refractivity contribution in [2.24, 2.45) is 0 Å². The Kier molecular flexibility index (Phi) is 6.63. The van der Waals surface area contributed by atoms with Gasteiger partial charge in [-0.25, -0.2) is 4.79 Å². The number of nitrogens with one attached hydrogen (secondary N) is 1. The molecule has 0 aliphatic heterocycles.